The fourth-order valence-electron chi connectivity index (χ4n) is 1.73. The summed E-state index contributed by atoms with van der Waals surface area (Å²) in [7, 11) is 0. The van der Waals surface area contributed by atoms with Crippen LogP contribution in [0.1, 0.15) is 23.7 Å². The molecular formula is C12H12N4S2. The fraction of sp³-hybridized carbons (Fsp3) is 0.250. The lowest BCUT2D eigenvalue weighted by molar-refractivity contribution is 0.857. The van der Waals surface area contributed by atoms with E-state index in [0.29, 0.717) is 0 Å². The number of anilines is 1. The van der Waals surface area contributed by atoms with Crippen molar-refractivity contribution < 1.29 is 0 Å². The van der Waals surface area contributed by atoms with Crippen molar-refractivity contribution in [3.05, 3.63) is 33.9 Å². The van der Waals surface area contributed by atoms with Crippen LogP contribution in [0, 0.1) is 6.92 Å². The van der Waals surface area contributed by atoms with Crippen LogP contribution in [0.4, 0.5) is 5.82 Å². The van der Waals surface area contributed by atoms with Crippen LogP contribution >= 0.6 is 22.7 Å². The zero-order chi connectivity index (χ0) is 12.5. The van der Waals surface area contributed by atoms with Crippen molar-refractivity contribution in [1.29, 1.82) is 0 Å². The van der Waals surface area contributed by atoms with Gasteiger partial charge in [0.05, 0.1) is 16.3 Å². The van der Waals surface area contributed by atoms with Gasteiger partial charge in [0, 0.05) is 11.1 Å². The molecule has 4 nitrogen and oxygen atoms in total. The molecule has 0 spiro atoms. The number of hydrogen-bond acceptors (Lipinski definition) is 6. The molecular weight excluding hydrogens is 264 g/mol. The normalized spacial score (nSPS) is 12.8. The van der Waals surface area contributed by atoms with Gasteiger partial charge in [-0.3, -0.25) is 0 Å². The van der Waals surface area contributed by atoms with Crippen molar-refractivity contribution in [2.24, 2.45) is 0 Å². The molecule has 1 N–H and O–H groups in total. The third-order valence-electron chi connectivity index (χ3n) is 2.60. The quantitative estimate of drug-likeness (QED) is 0.793. The van der Waals surface area contributed by atoms with Crippen molar-refractivity contribution in [2.45, 2.75) is 19.9 Å². The van der Waals surface area contributed by atoms with Gasteiger partial charge in [-0.25, -0.2) is 15.0 Å². The SMILES string of the molecule is Cc1csc(C(C)Nc2ncnc3ccsc23)n1. The average molecular weight is 276 g/mol. The summed E-state index contributed by atoms with van der Waals surface area (Å²) in [5.41, 5.74) is 2.05. The zero-order valence-corrected chi connectivity index (χ0v) is 11.7. The fourth-order valence-corrected chi connectivity index (χ4v) is 3.33. The number of aromatic nitrogens is 3. The van der Waals surface area contributed by atoms with E-state index in [4.69, 9.17) is 0 Å². The van der Waals surface area contributed by atoms with Gasteiger partial charge >= 0.3 is 0 Å². The number of thiophene rings is 1. The molecule has 0 aliphatic carbocycles. The van der Waals surface area contributed by atoms with Crippen molar-refractivity contribution in [3.63, 3.8) is 0 Å². The maximum absolute atomic E-state index is 4.49. The molecule has 0 saturated heterocycles. The van der Waals surface area contributed by atoms with E-state index in [1.165, 1.54) is 0 Å². The second kappa shape index (κ2) is 4.62. The number of fused-ring (bicyclic) bond motifs is 1. The molecule has 3 rings (SSSR count). The predicted molar refractivity (Wildman–Crippen MR) is 76.3 cm³/mol. The Morgan fingerprint density at radius 3 is 2.94 bits per heavy atom. The van der Waals surface area contributed by atoms with Crippen LogP contribution in [0.5, 0.6) is 0 Å². The van der Waals surface area contributed by atoms with Crippen molar-refractivity contribution in [3.8, 4) is 0 Å². The third kappa shape index (κ3) is 2.09. The van der Waals surface area contributed by atoms with Gasteiger partial charge in [-0.1, -0.05) is 0 Å². The first-order chi connectivity index (χ1) is 8.74. The van der Waals surface area contributed by atoms with Gasteiger partial charge in [-0.2, -0.15) is 0 Å². The summed E-state index contributed by atoms with van der Waals surface area (Å²) in [5.74, 6) is 0.885. The molecule has 3 aromatic rings. The Kier molecular flexibility index (Phi) is 2.97. The Bertz CT molecular complexity index is 673. The molecule has 0 fully saturated rings. The van der Waals surface area contributed by atoms with Gasteiger partial charge in [0.25, 0.3) is 0 Å². The molecule has 0 radical (unpaired) electrons. The molecule has 0 aliphatic rings. The van der Waals surface area contributed by atoms with E-state index in [0.717, 1.165) is 26.7 Å². The number of aryl methyl sites for hydroxylation is 1. The molecule has 1 atom stereocenters. The summed E-state index contributed by atoms with van der Waals surface area (Å²) >= 11 is 3.32. The minimum atomic E-state index is 0.156. The summed E-state index contributed by atoms with van der Waals surface area (Å²) in [4.78, 5) is 13.0. The van der Waals surface area contributed by atoms with Gasteiger partial charge in [-0.15, -0.1) is 22.7 Å². The second-order valence-electron chi connectivity index (χ2n) is 4.05. The number of thiazole rings is 1. The molecule has 0 bridgehead atoms. The van der Waals surface area contributed by atoms with Gasteiger partial charge in [0.1, 0.15) is 17.2 Å². The van der Waals surface area contributed by atoms with Crippen LogP contribution in [0.3, 0.4) is 0 Å². The topological polar surface area (TPSA) is 50.7 Å². The van der Waals surface area contributed by atoms with Gasteiger partial charge in [0.2, 0.25) is 0 Å². The minimum Gasteiger partial charge on any atom is -0.360 e. The lowest BCUT2D eigenvalue weighted by atomic mass is 10.3. The van der Waals surface area contributed by atoms with E-state index < -0.39 is 0 Å². The highest BCUT2D eigenvalue weighted by Gasteiger charge is 2.12. The van der Waals surface area contributed by atoms with Gasteiger partial charge in [0.15, 0.2) is 0 Å². The van der Waals surface area contributed by atoms with E-state index in [9.17, 15) is 0 Å². The Balaban J connectivity index is 1.90. The highest BCUT2D eigenvalue weighted by Crippen LogP contribution is 2.28. The highest BCUT2D eigenvalue weighted by atomic mass is 32.1. The minimum absolute atomic E-state index is 0.156. The van der Waals surface area contributed by atoms with Gasteiger partial charge in [-0.05, 0) is 25.3 Å². The van der Waals surface area contributed by atoms with Crippen LogP contribution in [0.25, 0.3) is 10.2 Å². The molecule has 18 heavy (non-hydrogen) atoms. The number of rotatable bonds is 3. The van der Waals surface area contributed by atoms with E-state index in [1.54, 1.807) is 29.0 Å². The van der Waals surface area contributed by atoms with E-state index in [2.05, 4.69) is 32.6 Å². The lowest BCUT2D eigenvalue weighted by Gasteiger charge is -2.12. The average Bonchev–Trinajstić information content (AvgIpc) is 2.97. The Morgan fingerprint density at radius 1 is 1.28 bits per heavy atom. The van der Waals surface area contributed by atoms with Crippen molar-refractivity contribution >= 4 is 38.7 Å². The summed E-state index contributed by atoms with van der Waals surface area (Å²) < 4.78 is 1.10. The summed E-state index contributed by atoms with van der Waals surface area (Å²) in [6.45, 7) is 4.11. The van der Waals surface area contributed by atoms with E-state index >= 15 is 0 Å². The van der Waals surface area contributed by atoms with Crippen molar-refractivity contribution in [2.75, 3.05) is 5.32 Å². The van der Waals surface area contributed by atoms with Crippen LogP contribution < -0.4 is 5.32 Å². The predicted octanol–water partition coefficient (Wildman–Crippen LogP) is 3.63. The molecule has 92 valence electrons. The third-order valence-corrected chi connectivity index (χ3v) is 4.66. The van der Waals surface area contributed by atoms with Gasteiger partial charge < -0.3 is 5.32 Å². The number of nitrogens with zero attached hydrogens (tertiary/aromatic N) is 3. The molecule has 0 aliphatic heterocycles. The second-order valence-corrected chi connectivity index (χ2v) is 5.86. The Morgan fingerprint density at radius 2 is 2.17 bits per heavy atom. The zero-order valence-electron chi connectivity index (χ0n) is 10.0. The number of nitrogens with one attached hydrogen (secondary N) is 1. The Hall–Kier alpha value is -1.53. The molecule has 6 heteroatoms. The van der Waals surface area contributed by atoms with Crippen LogP contribution in [-0.2, 0) is 0 Å². The first kappa shape index (κ1) is 11.6. The van der Waals surface area contributed by atoms with Crippen molar-refractivity contribution in [1.82, 2.24) is 15.0 Å². The first-order valence-electron chi connectivity index (χ1n) is 5.61. The molecule has 0 saturated carbocycles. The molecule has 3 aromatic heterocycles. The Labute approximate surface area is 113 Å². The van der Waals surface area contributed by atoms with Crippen LogP contribution in [-0.4, -0.2) is 15.0 Å². The summed E-state index contributed by atoms with van der Waals surface area (Å²) in [6.07, 6.45) is 1.59. The molecule has 0 amide bonds. The molecule has 0 aromatic carbocycles. The lowest BCUT2D eigenvalue weighted by Crippen LogP contribution is -2.07. The van der Waals surface area contributed by atoms with E-state index in [1.807, 2.05) is 18.4 Å². The first-order valence-corrected chi connectivity index (χ1v) is 7.37. The standard InChI is InChI=1S/C12H12N4S2/c1-7-5-18-12(15-7)8(2)16-11-10-9(3-4-17-10)13-6-14-11/h3-6,8H,1-2H3,(H,13,14,16). The molecule has 1 unspecified atom stereocenters. The smallest absolute Gasteiger partial charge is 0.147 e. The maximum Gasteiger partial charge on any atom is 0.147 e. The highest BCUT2D eigenvalue weighted by molar-refractivity contribution is 7.17. The van der Waals surface area contributed by atoms with E-state index in [-0.39, 0.29) is 6.04 Å². The maximum atomic E-state index is 4.49. The van der Waals surface area contributed by atoms with Crippen LogP contribution in [0.2, 0.25) is 0 Å². The largest absolute Gasteiger partial charge is 0.360 e. The van der Waals surface area contributed by atoms with Crippen LogP contribution in [0.15, 0.2) is 23.2 Å². The monoisotopic (exact) mass is 276 g/mol. The summed E-state index contributed by atoms with van der Waals surface area (Å²) in [5, 5.41) is 8.58. The summed E-state index contributed by atoms with van der Waals surface area (Å²) in [6, 6.07) is 2.16. The molecule has 3 heterocycles. The number of hydrogen-bond donors (Lipinski definition) is 1.